The smallest absolute Gasteiger partial charge is 0.253 e. The predicted molar refractivity (Wildman–Crippen MR) is 97.2 cm³/mol. The first kappa shape index (κ1) is 19.2. The van der Waals surface area contributed by atoms with Crippen LogP contribution in [0.15, 0.2) is 24.3 Å². The molecular weight excluding hydrogens is 412 g/mol. The Kier molecular flexibility index (Phi) is 8.71. The summed E-state index contributed by atoms with van der Waals surface area (Å²) in [5, 5.41) is 1.50. The largest absolute Gasteiger partial charge is 0.338 e. The van der Waals surface area contributed by atoms with Gasteiger partial charge < -0.3 is 9.80 Å². The number of amides is 2. The van der Waals surface area contributed by atoms with Crippen LogP contribution in [-0.4, -0.2) is 58.5 Å². The highest BCUT2D eigenvalue weighted by Gasteiger charge is 2.16. The number of carbonyl (C=O) groups excluding carboxylic acids is 2. The molecule has 2 amide bonds. The highest BCUT2D eigenvalue weighted by molar-refractivity contribution is 9.09. The second-order valence-electron chi connectivity index (χ2n) is 4.72. The van der Waals surface area contributed by atoms with E-state index < -0.39 is 0 Å². The maximum atomic E-state index is 12.3. The van der Waals surface area contributed by atoms with E-state index >= 15 is 0 Å². The number of hydrogen-bond donors (Lipinski definition) is 0. The molecule has 0 atom stereocenters. The van der Waals surface area contributed by atoms with Gasteiger partial charge in [0.1, 0.15) is 0 Å². The second kappa shape index (κ2) is 10.0. The molecule has 0 aliphatic heterocycles. The van der Waals surface area contributed by atoms with Crippen molar-refractivity contribution >= 4 is 43.7 Å². The molecule has 0 spiro atoms. The Morgan fingerprint density at radius 2 is 1.14 bits per heavy atom. The van der Waals surface area contributed by atoms with Crippen LogP contribution in [0.5, 0.6) is 0 Å². The Bertz CT molecular complexity index is 446. The van der Waals surface area contributed by atoms with Gasteiger partial charge in [-0.15, -0.1) is 0 Å². The van der Waals surface area contributed by atoms with Crippen molar-refractivity contribution in [3.63, 3.8) is 0 Å². The number of alkyl halides is 2. The van der Waals surface area contributed by atoms with E-state index in [9.17, 15) is 9.59 Å². The number of hydrogen-bond acceptors (Lipinski definition) is 2. The first-order valence-corrected chi connectivity index (χ1v) is 9.63. The topological polar surface area (TPSA) is 40.6 Å². The summed E-state index contributed by atoms with van der Waals surface area (Å²) in [6.07, 6.45) is 0. The molecule has 0 unspecified atom stereocenters. The molecule has 1 aromatic carbocycles. The van der Waals surface area contributed by atoms with Gasteiger partial charge in [0.05, 0.1) is 0 Å². The van der Waals surface area contributed by atoms with E-state index in [1.807, 2.05) is 13.8 Å². The quantitative estimate of drug-likeness (QED) is 0.589. The molecule has 0 fully saturated rings. The van der Waals surface area contributed by atoms with E-state index in [0.717, 1.165) is 10.7 Å². The third-order valence-corrected chi connectivity index (χ3v) is 4.13. The lowest BCUT2D eigenvalue weighted by molar-refractivity contribution is 0.0762. The van der Waals surface area contributed by atoms with Gasteiger partial charge in [0.2, 0.25) is 0 Å². The minimum Gasteiger partial charge on any atom is -0.338 e. The van der Waals surface area contributed by atoms with Gasteiger partial charge in [0, 0.05) is 48.0 Å². The maximum absolute atomic E-state index is 12.3. The van der Waals surface area contributed by atoms with Gasteiger partial charge in [0.25, 0.3) is 11.8 Å². The van der Waals surface area contributed by atoms with E-state index in [0.29, 0.717) is 37.3 Å². The fourth-order valence-corrected chi connectivity index (χ4v) is 2.99. The molecule has 0 aliphatic carbocycles. The SMILES string of the molecule is CCN(CCBr)C(=O)c1ccc(C(=O)N(CC)CCBr)cc1. The maximum Gasteiger partial charge on any atom is 0.253 e. The van der Waals surface area contributed by atoms with Crippen molar-refractivity contribution in [2.45, 2.75) is 13.8 Å². The monoisotopic (exact) mass is 432 g/mol. The Balaban J connectivity index is 2.85. The first-order chi connectivity index (χ1) is 10.6. The van der Waals surface area contributed by atoms with E-state index in [1.54, 1.807) is 34.1 Å². The number of nitrogens with zero attached hydrogens (tertiary/aromatic N) is 2. The molecule has 0 aliphatic rings. The summed E-state index contributed by atoms with van der Waals surface area (Å²) in [4.78, 5) is 28.2. The Morgan fingerprint density at radius 3 is 1.36 bits per heavy atom. The molecule has 1 aromatic rings. The van der Waals surface area contributed by atoms with Gasteiger partial charge in [-0.25, -0.2) is 0 Å². The van der Waals surface area contributed by atoms with Gasteiger partial charge in [-0.2, -0.15) is 0 Å². The van der Waals surface area contributed by atoms with Crippen molar-refractivity contribution in [3.05, 3.63) is 35.4 Å². The summed E-state index contributed by atoms with van der Waals surface area (Å²) in [7, 11) is 0. The van der Waals surface area contributed by atoms with E-state index in [-0.39, 0.29) is 11.8 Å². The van der Waals surface area contributed by atoms with Gasteiger partial charge in [-0.1, -0.05) is 31.9 Å². The molecular formula is C16H22Br2N2O2. The molecule has 1 rings (SSSR count). The Morgan fingerprint density at radius 1 is 0.818 bits per heavy atom. The average Bonchev–Trinajstić information content (AvgIpc) is 2.56. The van der Waals surface area contributed by atoms with Crippen molar-refractivity contribution in [1.29, 1.82) is 0 Å². The number of benzene rings is 1. The number of carbonyl (C=O) groups is 2. The molecule has 0 heterocycles. The van der Waals surface area contributed by atoms with Crippen molar-refractivity contribution in [1.82, 2.24) is 9.80 Å². The van der Waals surface area contributed by atoms with Crippen LogP contribution >= 0.6 is 31.9 Å². The average molecular weight is 434 g/mol. The van der Waals surface area contributed by atoms with Crippen LogP contribution in [0.4, 0.5) is 0 Å². The summed E-state index contributed by atoms with van der Waals surface area (Å²) in [5.41, 5.74) is 1.23. The van der Waals surface area contributed by atoms with Crippen LogP contribution in [0.1, 0.15) is 34.6 Å². The minimum absolute atomic E-state index is 0.00578. The molecule has 0 radical (unpaired) electrons. The van der Waals surface area contributed by atoms with Crippen molar-refractivity contribution in [3.8, 4) is 0 Å². The van der Waals surface area contributed by atoms with Gasteiger partial charge in [-0.05, 0) is 38.1 Å². The highest BCUT2D eigenvalue weighted by atomic mass is 79.9. The number of rotatable bonds is 8. The fraction of sp³-hybridized carbons (Fsp3) is 0.500. The van der Waals surface area contributed by atoms with Gasteiger partial charge in [0.15, 0.2) is 0 Å². The molecule has 6 heteroatoms. The molecule has 0 aromatic heterocycles. The summed E-state index contributed by atoms with van der Waals surface area (Å²) >= 11 is 6.71. The molecule has 22 heavy (non-hydrogen) atoms. The van der Waals surface area contributed by atoms with E-state index in [4.69, 9.17) is 0 Å². The zero-order valence-corrected chi connectivity index (χ0v) is 16.2. The summed E-state index contributed by atoms with van der Waals surface area (Å²) in [5.74, 6) is -0.0116. The van der Waals surface area contributed by atoms with Crippen LogP contribution in [0.3, 0.4) is 0 Å². The summed E-state index contributed by atoms with van der Waals surface area (Å²) in [6, 6.07) is 6.92. The fourth-order valence-electron chi connectivity index (χ4n) is 2.13. The Labute approximate surface area is 149 Å². The molecule has 0 saturated carbocycles. The lowest BCUT2D eigenvalue weighted by Gasteiger charge is -2.21. The third-order valence-electron chi connectivity index (χ3n) is 3.43. The van der Waals surface area contributed by atoms with Crippen LogP contribution in [0.2, 0.25) is 0 Å². The predicted octanol–water partition coefficient (Wildman–Crippen LogP) is 3.40. The van der Waals surface area contributed by atoms with Crippen molar-refractivity contribution in [2.75, 3.05) is 36.8 Å². The molecule has 0 saturated heterocycles. The normalized spacial score (nSPS) is 10.4. The summed E-state index contributed by atoms with van der Waals surface area (Å²) < 4.78 is 0. The van der Waals surface area contributed by atoms with Gasteiger partial charge >= 0.3 is 0 Å². The minimum atomic E-state index is -0.00578. The van der Waals surface area contributed by atoms with Crippen LogP contribution in [0, 0.1) is 0 Å². The molecule has 0 bridgehead atoms. The van der Waals surface area contributed by atoms with Gasteiger partial charge in [-0.3, -0.25) is 9.59 Å². The summed E-state index contributed by atoms with van der Waals surface area (Å²) in [6.45, 7) is 6.59. The lowest BCUT2D eigenvalue weighted by atomic mass is 10.1. The zero-order chi connectivity index (χ0) is 16.5. The first-order valence-electron chi connectivity index (χ1n) is 7.39. The molecule has 4 nitrogen and oxygen atoms in total. The Hall–Kier alpha value is -0.880. The van der Waals surface area contributed by atoms with E-state index in [1.165, 1.54) is 0 Å². The number of halogens is 2. The lowest BCUT2D eigenvalue weighted by Crippen LogP contribution is -2.33. The van der Waals surface area contributed by atoms with Crippen molar-refractivity contribution < 1.29 is 9.59 Å². The molecule has 122 valence electrons. The third kappa shape index (κ3) is 5.09. The van der Waals surface area contributed by atoms with Crippen LogP contribution in [0.25, 0.3) is 0 Å². The van der Waals surface area contributed by atoms with Crippen LogP contribution < -0.4 is 0 Å². The highest BCUT2D eigenvalue weighted by Crippen LogP contribution is 2.11. The van der Waals surface area contributed by atoms with E-state index in [2.05, 4.69) is 31.9 Å². The van der Waals surface area contributed by atoms with Crippen molar-refractivity contribution in [2.24, 2.45) is 0 Å². The van der Waals surface area contributed by atoms with Crippen LogP contribution in [-0.2, 0) is 0 Å². The zero-order valence-electron chi connectivity index (χ0n) is 13.0. The molecule has 0 N–H and O–H groups in total. The standard InChI is InChI=1S/C16H22Br2N2O2/c1-3-19(11-9-17)15(21)13-5-7-14(8-6-13)16(22)20(4-2)12-10-18/h5-8H,3-4,9-12H2,1-2H3. The second-order valence-corrected chi connectivity index (χ2v) is 6.31.